The molecule has 0 bridgehead atoms. The summed E-state index contributed by atoms with van der Waals surface area (Å²) in [6.07, 6.45) is 3.84. The van der Waals surface area contributed by atoms with Crippen molar-refractivity contribution in [2.45, 2.75) is 38.1 Å². The van der Waals surface area contributed by atoms with Crippen LogP contribution in [0.1, 0.15) is 31.2 Å². The summed E-state index contributed by atoms with van der Waals surface area (Å²) in [4.78, 5) is 26.0. The van der Waals surface area contributed by atoms with Crippen LogP contribution in [0.5, 0.6) is 0 Å². The third kappa shape index (κ3) is 3.97. The lowest BCUT2D eigenvalue weighted by Gasteiger charge is -2.34. The van der Waals surface area contributed by atoms with E-state index < -0.39 is 0 Å². The topological polar surface area (TPSA) is 75.4 Å². The maximum absolute atomic E-state index is 12.4. The molecule has 1 aliphatic heterocycles. The molecule has 114 valence electrons. The van der Waals surface area contributed by atoms with Gasteiger partial charge in [0.2, 0.25) is 11.8 Å². The van der Waals surface area contributed by atoms with Crippen LogP contribution in [0, 0.1) is 0 Å². The quantitative estimate of drug-likeness (QED) is 0.821. The van der Waals surface area contributed by atoms with Gasteiger partial charge in [0.15, 0.2) is 0 Å². The highest BCUT2D eigenvalue weighted by molar-refractivity contribution is 5.87. The highest BCUT2D eigenvalue weighted by atomic mass is 16.2. The van der Waals surface area contributed by atoms with E-state index in [0.29, 0.717) is 19.4 Å². The minimum Gasteiger partial charge on any atom is -0.399 e. The number of nitrogens with two attached hydrogens (primary N) is 1. The number of aryl methyl sites for hydroxylation is 1. The predicted molar refractivity (Wildman–Crippen MR) is 82.6 cm³/mol. The third-order valence-corrected chi connectivity index (χ3v) is 3.98. The molecular weight excluding hydrogens is 266 g/mol. The van der Waals surface area contributed by atoms with Crippen molar-refractivity contribution in [3.8, 4) is 0 Å². The molecular formula is C16H23N3O2. The van der Waals surface area contributed by atoms with Crippen LogP contribution >= 0.6 is 0 Å². The largest absolute Gasteiger partial charge is 0.399 e. The Kier molecular flexibility index (Phi) is 5.20. The van der Waals surface area contributed by atoms with E-state index in [1.165, 1.54) is 0 Å². The second kappa shape index (κ2) is 7.11. The summed E-state index contributed by atoms with van der Waals surface area (Å²) in [5, 5.41) is 2.65. The molecule has 5 nitrogen and oxygen atoms in total. The van der Waals surface area contributed by atoms with Crippen LogP contribution in [0.4, 0.5) is 5.69 Å². The van der Waals surface area contributed by atoms with Crippen LogP contribution in [-0.4, -0.2) is 36.3 Å². The van der Waals surface area contributed by atoms with Crippen LogP contribution in [0.15, 0.2) is 24.3 Å². The summed E-state index contributed by atoms with van der Waals surface area (Å²) >= 11 is 0. The van der Waals surface area contributed by atoms with Crippen LogP contribution < -0.4 is 11.1 Å². The van der Waals surface area contributed by atoms with E-state index in [1.54, 1.807) is 11.9 Å². The van der Waals surface area contributed by atoms with Gasteiger partial charge in [-0.15, -0.1) is 0 Å². The number of benzene rings is 1. The van der Waals surface area contributed by atoms with Gasteiger partial charge < -0.3 is 16.0 Å². The zero-order valence-corrected chi connectivity index (χ0v) is 12.5. The first kappa shape index (κ1) is 15.4. The molecule has 0 saturated carbocycles. The molecule has 1 aromatic carbocycles. The zero-order valence-electron chi connectivity index (χ0n) is 12.5. The van der Waals surface area contributed by atoms with Crippen molar-refractivity contribution in [1.82, 2.24) is 10.2 Å². The number of hydrogen-bond acceptors (Lipinski definition) is 3. The van der Waals surface area contributed by atoms with Gasteiger partial charge in [0.05, 0.1) is 0 Å². The molecule has 1 heterocycles. The lowest BCUT2D eigenvalue weighted by Crippen LogP contribution is -2.51. The monoisotopic (exact) mass is 289 g/mol. The normalized spacial score (nSPS) is 18.3. The Balaban J connectivity index is 1.94. The number of nitrogen functional groups attached to an aromatic ring is 1. The predicted octanol–water partition coefficient (Wildman–Crippen LogP) is 1.33. The fraction of sp³-hybridized carbons (Fsp3) is 0.500. The Bertz CT molecular complexity index is 499. The molecule has 1 atom stereocenters. The van der Waals surface area contributed by atoms with Crippen molar-refractivity contribution >= 4 is 17.5 Å². The van der Waals surface area contributed by atoms with Gasteiger partial charge in [0.25, 0.3) is 0 Å². The average molecular weight is 289 g/mol. The van der Waals surface area contributed by atoms with Crippen LogP contribution in [0.3, 0.4) is 0 Å². The maximum atomic E-state index is 12.4. The molecule has 0 aliphatic carbocycles. The van der Waals surface area contributed by atoms with E-state index in [0.717, 1.165) is 30.5 Å². The van der Waals surface area contributed by atoms with Crippen LogP contribution in [-0.2, 0) is 16.0 Å². The number of piperidine rings is 1. The van der Waals surface area contributed by atoms with E-state index >= 15 is 0 Å². The van der Waals surface area contributed by atoms with Crippen LogP contribution in [0.2, 0.25) is 0 Å². The Morgan fingerprint density at radius 2 is 2.00 bits per heavy atom. The summed E-state index contributed by atoms with van der Waals surface area (Å²) in [5.74, 6) is -0.00402. The van der Waals surface area contributed by atoms with E-state index in [2.05, 4.69) is 5.32 Å². The number of nitrogens with zero attached hydrogens (tertiary/aromatic N) is 1. The highest BCUT2D eigenvalue weighted by Crippen LogP contribution is 2.19. The number of hydrogen-bond donors (Lipinski definition) is 2. The van der Waals surface area contributed by atoms with E-state index in [4.69, 9.17) is 5.73 Å². The molecule has 21 heavy (non-hydrogen) atoms. The first-order valence-electron chi connectivity index (χ1n) is 7.47. The van der Waals surface area contributed by atoms with Gasteiger partial charge in [-0.1, -0.05) is 12.1 Å². The number of likely N-dealkylation sites (tertiary alicyclic amines) is 1. The minimum absolute atomic E-state index is 0.0557. The molecule has 2 amide bonds. The molecule has 0 radical (unpaired) electrons. The second-order valence-corrected chi connectivity index (χ2v) is 5.45. The molecule has 1 aliphatic rings. The summed E-state index contributed by atoms with van der Waals surface area (Å²) in [6, 6.07) is 7.26. The van der Waals surface area contributed by atoms with Crippen molar-refractivity contribution in [3.05, 3.63) is 29.8 Å². The van der Waals surface area contributed by atoms with Gasteiger partial charge in [-0.05, 0) is 43.4 Å². The fourth-order valence-electron chi connectivity index (χ4n) is 2.75. The Labute approximate surface area is 125 Å². The van der Waals surface area contributed by atoms with Crippen molar-refractivity contribution in [3.63, 3.8) is 0 Å². The van der Waals surface area contributed by atoms with E-state index in [-0.39, 0.29) is 17.9 Å². The summed E-state index contributed by atoms with van der Waals surface area (Å²) in [7, 11) is 1.62. The third-order valence-electron chi connectivity index (χ3n) is 3.98. The molecule has 3 N–H and O–H groups in total. The minimum atomic E-state index is -0.303. The van der Waals surface area contributed by atoms with Gasteiger partial charge in [0.1, 0.15) is 6.04 Å². The van der Waals surface area contributed by atoms with Crippen molar-refractivity contribution in [1.29, 1.82) is 0 Å². The summed E-state index contributed by atoms with van der Waals surface area (Å²) in [5.41, 5.74) is 7.46. The number of anilines is 1. The number of amides is 2. The van der Waals surface area contributed by atoms with Gasteiger partial charge >= 0.3 is 0 Å². The Morgan fingerprint density at radius 1 is 1.29 bits per heavy atom. The Hall–Kier alpha value is -2.04. The van der Waals surface area contributed by atoms with Gasteiger partial charge in [-0.2, -0.15) is 0 Å². The molecule has 0 aromatic heterocycles. The molecule has 5 heteroatoms. The molecule has 1 saturated heterocycles. The Morgan fingerprint density at radius 3 is 2.67 bits per heavy atom. The molecule has 2 rings (SSSR count). The first-order valence-corrected chi connectivity index (χ1v) is 7.47. The molecule has 1 fully saturated rings. The number of carbonyl (C=O) groups is 2. The summed E-state index contributed by atoms with van der Waals surface area (Å²) in [6.45, 7) is 0.679. The first-order chi connectivity index (χ1) is 10.1. The lowest BCUT2D eigenvalue weighted by atomic mass is 10.00. The molecule has 1 aromatic rings. The standard InChI is InChI=1S/C16H23N3O2/c1-18-16(21)14-4-2-3-11-19(14)15(20)10-7-12-5-8-13(17)9-6-12/h5-6,8-9,14H,2-4,7,10-11,17H2,1H3,(H,18,21). The average Bonchev–Trinajstić information content (AvgIpc) is 2.53. The van der Waals surface area contributed by atoms with E-state index in [9.17, 15) is 9.59 Å². The molecule has 0 spiro atoms. The van der Waals surface area contributed by atoms with Crippen molar-refractivity contribution in [2.75, 3.05) is 19.3 Å². The number of rotatable bonds is 4. The highest BCUT2D eigenvalue weighted by Gasteiger charge is 2.30. The fourth-order valence-corrected chi connectivity index (χ4v) is 2.75. The number of carbonyl (C=O) groups excluding carboxylic acids is 2. The van der Waals surface area contributed by atoms with Gasteiger partial charge in [-0.25, -0.2) is 0 Å². The lowest BCUT2D eigenvalue weighted by molar-refractivity contribution is -0.142. The summed E-state index contributed by atoms with van der Waals surface area (Å²) < 4.78 is 0. The number of likely N-dealkylation sites (N-methyl/N-ethyl adjacent to an activating group) is 1. The van der Waals surface area contributed by atoms with E-state index in [1.807, 2.05) is 24.3 Å². The smallest absolute Gasteiger partial charge is 0.242 e. The van der Waals surface area contributed by atoms with Crippen molar-refractivity contribution in [2.24, 2.45) is 0 Å². The SMILES string of the molecule is CNC(=O)C1CCCCN1C(=O)CCc1ccc(N)cc1. The maximum Gasteiger partial charge on any atom is 0.242 e. The molecule has 1 unspecified atom stereocenters. The van der Waals surface area contributed by atoms with Gasteiger partial charge in [-0.3, -0.25) is 9.59 Å². The van der Waals surface area contributed by atoms with Crippen LogP contribution in [0.25, 0.3) is 0 Å². The van der Waals surface area contributed by atoms with Crippen molar-refractivity contribution < 1.29 is 9.59 Å². The zero-order chi connectivity index (χ0) is 15.2. The van der Waals surface area contributed by atoms with Gasteiger partial charge in [0, 0.05) is 25.7 Å². The second-order valence-electron chi connectivity index (χ2n) is 5.45. The number of nitrogens with one attached hydrogen (secondary N) is 1.